The monoisotopic (exact) mass is 310 g/mol. The van der Waals surface area contributed by atoms with Gasteiger partial charge in [0.15, 0.2) is 0 Å². The second-order valence-electron chi connectivity index (χ2n) is 5.69. The van der Waals surface area contributed by atoms with Gasteiger partial charge in [0.25, 0.3) is 0 Å². The number of nitrogens with zero attached hydrogens (tertiary/aromatic N) is 3. The summed E-state index contributed by atoms with van der Waals surface area (Å²) in [5.41, 5.74) is 3.14. The highest BCUT2D eigenvalue weighted by Gasteiger charge is 2.06. The number of aromatic nitrogens is 3. The van der Waals surface area contributed by atoms with Gasteiger partial charge >= 0.3 is 0 Å². The fraction of sp³-hybridized carbons (Fsp3) is 0.333. The SMILES string of the molecule is COc1ccc2nc(CCN(C)CCc3ccccn3)[nH]c2c1. The Morgan fingerprint density at radius 1 is 1.13 bits per heavy atom. The number of hydrogen-bond acceptors (Lipinski definition) is 4. The number of likely N-dealkylation sites (N-methyl/N-ethyl adjacent to an activating group) is 1. The number of aromatic amines is 1. The summed E-state index contributed by atoms with van der Waals surface area (Å²) in [4.78, 5) is 14.7. The molecule has 0 unspecified atom stereocenters. The predicted molar refractivity (Wildman–Crippen MR) is 91.8 cm³/mol. The molecule has 0 aliphatic carbocycles. The second-order valence-corrected chi connectivity index (χ2v) is 5.69. The van der Waals surface area contributed by atoms with Crippen LogP contribution in [0.3, 0.4) is 0 Å². The lowest BCUT2D eigenvalue weighted by Gasteiger charge is -2.15. The Kier molecular flexibility index (Phi) is 4.88. The zero-order valence-corrected chi connectivity index (χ0v) is 13.6. The van der Waals surface area contributed by atoms with Crippen molar-refractivity contribution in [2.75, 3.05) is 27.2 Å². The largest absolute Gasteiger partial charge is 0.497 e. The maximum atomic E-state index is 5.24. The highest BCUT2D eigenvalue weighted by molar-refractivity contribution is 5.76. The molecule has 120 valence electrons. The summed E-state index contributed by atoms with van der Waals surface area (Å²) in [7, 11) is 3.81. The molecule has 0 saturated heterocycles. The highest BCUT2D eigenvalue weighted by atomic mass is 16.5. The van der Waals surface area contributed by atoms with Crippen molar-refractivity contribution in [2.24, 2.45) is 0 Å². The normalized spacial score (nSPS) is 11.3. The van der Waals surface area contributed by atoms with E-state index in [1.54, 1.807) is 7.11 Å². The number of rotatable bonds is 7. The first kappa shape index (κ1) is 15.5. The van der Waals surface area contributed by atoms with Crippen molar-refractivity contribution in [2.45, 2.75) is 12.8 Å². The molecule has 23 heavy (non-hydrogen) atoms. The van der Waals surface area contributed by atoms with Crippen LogP contribution in [0.1, 0.15) is 11.5 Å². The van der Waals surface area contributed by atoms with Crippen molar-refractivity contribution in [1.82, 2.24) is 19.9 Å². The highest BCUT2D eigenvalue weighted by Crippen LogP contribution is 2.18. The van der Waals surface area contributed by atoms with Gasteiger partial charge in [-0.3, -0.25) is 4.98 Å². The summed E-state index contributed by atoms with van der Waals surface area (Å²) < 4.78 is 5.24. The lowest BCUT2D eigenvalue weighted by molar-refractivity contribution is 0.339. The van der Waals surface area contributed by atoms with E-state index in [-0.39, 0.29) is 0 Å². The first-order valence-electron chi connectivity index (χ1n) is 7.85. The van der Waals surface area contributed by atoms with Crippen molar-refractivity contribution in [1.29, 1.82) is 0 Å². The Labute approximate surface area is 136 Å². The van der Waals surface area contributed by atoms with E-state index in [0.29, 0.717) is 0 Å². The molecule has 1 N–H and O–H groups in total. The minimum absolute atomic E-state index is 0.847. The standard InChI is InChI=1S/C18H22N4O/c1-22(11-8-14-5-3-4-10-19-14)12-9-18-20-16-7-6-15(23-2)13-17(16)21-18/h3-7,10,13H,8-9,11-12H2,1-2H3,(H,20,21). The lowest BCUT2D eigenvalue weighted by atomic mass is 10.2. The first-order valence-corrected chi connectivity index (χ1v) is 7.85. The Morgan fingerprint density at radius 3 is 2.78 bits per heavy atom. The third-order valence-electron chi connectivity index (χ3n) is 3.94. The van der Waals surface area contributed by atoms with E-state index in [1.165, 1.54) is 0 Å². The quantitative estimate of drug-likeness (QED) is 0.729. The zero-order chi connectivity index (χ0) is 16.1. The number of benzene rings is 1. The molecule has 3 rings (SSSR count). The second kappa shape index (κ2) is 7.24. The Balaban J connectivity index is 1.53. The molecule has 0 atom stereocenters. The Bertz CT molecular complexity index is 754. The molecule has 0 saturated carbocycles. The summed E-state index contributed by atoms with van der Waals surface area (Å²) in [5.74, 6) is 1.86. The summed E-state index contributed by atoms with van der Waals surface area (Å²) >= 11 is 0. The van der Waals surface area contributed by atoms with Crippen molar-refractivity contribution >= 4 is 11.0 Å². The predicted octanol–water partition coefficient (Wildman–Crippen LogP) is 2.68. The van der Waals surface area contributed by atoms with Gasteiger partial charge in [0.1, 0.15) is 11.6 Å². The first-order chi connectivity index (χ1) is 11.2. The minimum atomic E-state index is 0.847. The van der Waals surface area contributed by atoms with E-state index in [1.807, 2.05) is 36.5 Å². The average molecular weight is 310 g/mol. The number of nitrogens with one attached hydrogen (secondary N) is 1. The molecule has 0 radical (unpaired) electrons. The van der Waals surface area contributed by atoms with E-state index in [9.17, 15) is 0 Å². The van der Waals surface area contributed by atoms with Crippen LogP contribution in [0.5, 0.6) is 5.75 Å². The Hall–Kier alpha value is -2.40. The van der Waals surface area contributed by atoms with Gasteiger partial charge in [-0.05, 0) is 31.3 Å². The summed E-state index contributed by atoms with van der Waals surface area (Å²) in [6.07, 6.45) is 3.71. The molecule has 5 heteroatoms. The number of methoxy groups -OCH3 is 1. The number of H-pyrrole nitrogens is 1. The van der Waals surface area contributed by atoms with Gasteiger partial charge in [-0.1, -0.05) is 6.07 Å². The zero-order valence-electron chi connectivity index (χ0n) is 13.6. The Morgan fingerprint density at radius 2 is 2.00 bits per heavy atom. The van der Waals surface area contributed by atoms with Crippen LogP contribution in [0.2, 0.25) is 0 Å². The van der Waals surface area contributed by atoms with E-state index in [2.05, 4.69) is 33.0 Å². The van der Waals surface area contributed by atoms with Crippen molar-refractivity contribution in [3.63, 3.8) is 0 Å². The summed E-state index contributed by atoms with van der Waals surface area (Å²) in [6, 6.07) is 12.0. The number of pyridine rings is 1. The van der Waals surface area contributed by atoms with Gasteiger partial charge in [0, 0.05) is 43.9 Å². The smallest absolute Gasteiger partial charge is 0.121 e. The fourth-order valence-electron chi connectivity index (χ4n) is 2.55. The van der Waals surface area contributed by atoms with Crippen LogP contribution in [-0.4, -0.2) is 47.1 Å². The van der Waals surface area contributed by atoms with Gasteiger partial charge in [0.2, 0.25) is 0 Å². The molecule has 0 fully saturated rings. The number of imidazole rings is 1. The molecule has 0 spiro atoms. The molecular weight excluding hydrogens is 288 g/mol. The molecule has 3 aromatic rings. The van der Waals surface area contributed by atoms with E-state index in [4.69, 9.17) is 4.74 Å². The van der Waals surface area contributed by atoms with Crippen LogP contribution >= 0.6 is 0 Å². The minimum Gasteiger partial charge on any atom is -0.497 e. The van der Waals surface area contributed by atoms with E-state index >= 15 is 0 Å². The van der Waals surface area contributed by atoms with Crippen LogP contribution in [0.4, 0.5) is 0 Å². The fourth-order valence-corrected chi connectivity index (χ4v) is 2.55. The topological polar surface area (TPSA) is 54.0 Å². The number of ether oxygens (including phenoxy) is 1. The van der Waals surface area contributed by atoms with Crippen LogP contribution in [0.15, 0.2) is 42.6 Å². The molecule has 1 aromatic carbocycles. The summed E-state index contributed by atoms with van der Waals surface area (Å²) in [6.45, 7) is 1.95. The average Bonchev–Trinajstić information content (AvgIpc) is 3.01. The molecule has 5 nitrogen and oxygen atoms in total. The third kappa shape index (κ3) is 4.07. The van der Waals surface area contributed by atoms with Crippen LogP contribution in [0.25, 0.3) is 11.0 Å². The van der Waals surface area contributed by atoms with Gasteiger partial charge in [0.05, 0.1) is 18.1 Å². The molecule has 0 amide bonds. The molecule has 0 aliphatic heterocycles. The number of fused-ring (bicyclic) bond motifs is 1. The van der Waals surface area contributed by atoms with Crippen LogP contribution in [-0.2, 0) is 12.8 Å². The maximum absolute atomic E-state index is 5.24. The van der Waals surface area contributed by atoms with Crippen molar-refractivity contribution in [3.8, 4) is 5.75 Å². The lowest BCUT2D eigenvalue weighted by Crippen LogP contribution is -2.24. The maximum Gasteiger partial charge on any atom is 0.121 e. The molecular formula is C18H22N4O. The van der Waals surface area contributed by atoms with E-state index in [0.717, 1.165) is 54.2 Å². The van der Waals surface area contributed by atoms with Crippen LogP contribution in [0, 0.1) is 0 Å². The van der Waals surface area contributed by atoms with Crippen molar-refractivity contribution in [3.05, 3.63) is 54.1 Å². The third-order valence-corrected chi connectivity index (χ3v) is 3.94. The van der Waals surface area contributed by atoms with E-state index < -0.39 is 0 Å². The van der Waals surface area contributed by atoms with Gasteiger partial charge in [-0.2, -0.15) is 0 Å². The van der Waals surface area contributed by atoms with Crippen molar-refractivity contribution < 1.29 is 4.74 Å². The molecule has 2 aromatic heterocycles. The summed E-state index contributed by atoms with van der Waals surface area (Å²) in [5, 5.41) is 0. The van der Waals surface area contributed by atoms with Gasteiger partial charge in [-0.25, -0.2) is 4.98 Å². The molecule has 0 bridgehead atoms. The van der Waals surface area contributed by atoms with Gasteiger partial charge < -0.3 is 14.6 Å². The van der Waals surface area contributed by atoms with Gasteiger partial charge in [-0.15, -0.1) is 0 Å². The number of hydrogen-bond donors (Lipinski definition) is 1. The molecule has 0 aliphatic rings. The molecule has 2 heterocycles. The van der Waals surface area contributed by atoms with Crippen LogP contribution < -0.4 is 4.74 Å².